The van der Waals surface area contributed by atoms with Crippen molar-refractivity contribution < 1.29 is 55.1 Å². The van der Waals surface area contributed by atoms with Crippen LogP contribution in [0, 0.1) is 0 Å². The predicted octanol–water partition coefficient (Wildman–Crippen LogP) is -5.40. The third kappa shape index (κ3) is 3.23. The average Bonchev–Trinajstić information content (AvgIpc) is 2.80. The predicted molar refractivity (Wildman–Crippen MR) is 68.6 cm³/mol. The van der Waals surface area contributed by atoms with Crippen LogP contribution in [0.2, 0.25) is 0 Å². The summed E-state index contributed by atoms with van der Waals surface area (Å²) in [5.41, 5.74) is 0. The Morgan fingerprint density at radius 3 is 1.87 bits per heavy atom. The SMILES string of the molecule is OCC1O[C@H](O[C@@]2(CO)O[C@H](CO)C(O)[C@H]2O)C(O)[C@H](O)[C@@H]1O. The Hall–Kier alpha value is -0.440. The van der Waals surface area contributed by atoms with Gasteiger partial charge in [0.15, 0.2) is 6.29 Å². The fourth-order valence-electron chi connectivity index (χ4n) is 2.63. The van der Waals surface area contributed by atoms with Crippen LogP contribution in [0.25, 0.3) is 0 Å². The topological polar surface area (TPSA) is 190 Å². The van der Waals surface area contributed by atoms with Crippen molar-refractivity contribution in [1.82, 2.24) is 0 Å². The van der Waals surface area contributed by atoms with Gasteiger partial charge in [-0.1, -0.05) is 0 Å². The second-order valence-electron chi connectivity index (χ2n) is 5.56. The number of rotatable bonds is 5. The van der Waals surface area contributed by atoms with E-state index in [1.165, 1.54) is 0 Å². The molecule has 2 aliphatic rings. The monoisotopic (exact) mass is 342 g/mol. The minimum absolute atomic E-state index is 0.669. The van der Waals surface area contributed by atoms with Crippen molar-refractivity contribution >= 4 is 0 Å². The molecular weight excluding hydrogens is 320 g/mol. The van der Waals surface area contributed by atoms with E-state index >= 15 is 0 Å². The molecule has 3 unspecified atom stereocenters. The van der Waals surface area contributed by atoms with Gasteiger partial charge in [0.05, 0.1) is 13.2 Å². The second-order valence-corrected chi connectivity index (χ2v) is 5.56. The molecule has 2 heterocycles. The number of hydrogen-bond acceptors (Lipinski definition) is 11. The van der Waals surface area contributed by atoms with E-state index in [9.17, 15) is 30.6 Å². The molecule has 11 heteroatoms. The van der Waals surface area contributed by atoms with Crippen LogP contribution in [0.5, 0.6) is 0 Å². The molecule has 0 bridgehead atoms. The number of ether oxygens (including phenoxy) is 3. The van der Waals surface area contributed by atoms with Crippen LogP contribution in [0.4, 0.5) is 0 Å². The van der Waals surface area contributed by atoms with Crippen LogP contribution in [-0.4, -0.2) is 115 Å². The minimum Gasteiger partial charge on any atom is -0.394 e. The van der Waals surface area contributed by atoms with Crippen LogP contribution >= 0.6 is 0 Å². The highest BCUT2D eigenvalue weighted by Gasteiger charge is 2.58. The van der Waals surface area contributed by atoms with Gasteiger partial charge in [-0.2, -0.15) is 0 Å². The van der Waals surface area contributed by atoms with Crippen molar-refractivity contribution in [3.63, 3.8) is 0 Å². The quantitative estimate of drug-likeness (QED) is 0.238. The molecule has 9 atom stereocenters. The first-order valence-electron chi connectivity index (χ1n) is 7.05. The lowest BCUT2D eigenvalue weighted by Gasteiger charge is -2.43. The lowest BCUT2D eigenvalue weighted by atomic mass is 9.99. The highest BCUT2D eigenvalue weighted by molar-refractivity contribution is 4.98. The van der Waals surface area contributed by atoms with Gasteiger partial charge in [0.25, 0.3) is 0 Å². The van der Waals surface area contributed by atoms with Crippen LogP contribution < -0.4 is 0 Å². The fourth-order valence-corrected chi connectivity index (χ4v) is 2.63. The van der Waals surface area contributed by atoms with E-state index in [2.05, 4.69) is 0 Å². The standard InChI is InChI=1S/C12H22O11/c13-1-4-6(16)8(18)9(19)11(21-4)23-12(3-15)10(20)7(17)5(2-14)22-12/h4-11,13-20H,1-3H2/t4?,5-,6-,7?,8-,9?,10-,11-,12-/m1/s1. The largest absolute Gasteiger partial charge is 0.394 e. The molecule has 0 aliphatic carbocycles. The van der Waals surface area contributed by atoms with Crippen molar-refractivity contribution in [1.29, 1.82) is 0 Å². The molecule has 2 fully saturated rings. The Bertz CT molecular complexity index is 393. The van der Waals surface area contributed by atoms with Crippen LogP contribution in [0.15, 0.2) is 0 Å². The third-order valence-corrected chi connectivity index (χ3v) is 4.07. The van der Waals surface area contributed by atoms with Gasteiger partial charge in [0.1, 0.15) is 49.3 Å². The summed E-state index contributed by atoms with van der Waals surface area (Å²) in [4.78, 5) is 0. The van der Waals surface area contributed by atoms with Crippen LogP contribution in [-0.2, 0) is 14.2 Å². The summed E-state index contributed by atoms with van der Waals surface area (Å²) in [6, 6.07) is 0. The van der Waals surface area contributed by atoms with Gasteiger partial charge >= 0.3 is 0 Å². The van der Waals surface area contributed by atoms with Crippen molar-refractivity contribution in [3.8, 4) is 0 Å². The summed E-state index contributed by atoms with van der Waals surface area (Å²) < 4.78 is 15.4. The Labute approximate surface area is 130 Å². The van der Waals surface area contributed by atoms with Crippen molar-refractivity contribution in [2.45, 2.75) is 54.8 Å². The molecule has 23 heavy (non-hydrogen) atoms. The number of aliphatic hydroxyl groups excluding tert-OH is 8. The molecule has 11 nitrogen and oxygen atoms in total. The molecule has 2 aliphatic heterocycles. The molecule has 136 valence electrons. The highest BCUT2D eigenvalue weighted by atomic mass is 16.8. The average molecular weight is 342 g/mol. The first-order valence-corrected chi connectivity index (χ1v) is 7.05. The van der Waals surface area contributed by atoms with Crippen molar-refractivity contribution in [3.05, 3.63) is 0 Å². The first kappa shape index (κ1) is 18.9. The molecule has 2 rings (SSSR count). The van der Waals surface area contributed by atoms with E-state index in [1.54, 1.807) is 0 Å². The van der Waals surface area contributed by atoms with Crippen molar-refractivity contribution in [2.75, 3.05) is 19.8 Å². The zero-order chi connectivity index (χ0) is 17.4. The summed E-state index contributed by atoms with van der Waals surface area (Å²) >= 11 is 0. The van der Waals surface area contributed by atoms with Gasteiger partial charge in [-0.15, -0.1) is 0 Å². The highest BCUT2D eigenvalue weighted by Crippen LogP contribution is 2.35. The summed E-state index contributed by atoms with van der Waals surface area (Å²) in [6.45, 7) is -2.32. The lowest BCUT2D eigenvalue weighted by Crippen LogP contribution is -2.62. The zero-order valence-corrected chi connectivity index (χ0v) is 12.0. The summed E-state index contributed by atoms with van der Waals surface area (Å²) in [5, 5.41) is 76.7. The van der Waals surface area contributed by atoms with E-state index in [1.807, 2.05) is 0 Å². The zero-order valence-electron chi connectivity index (χ0n) is 12.0. The summed E-state index contributed by atoms with van der Waals surface area (Å²) in [5.74, 6) is -2.22. The maximum absolute atomic E-state index is 10.00. The first-order chi connectivity index (χ1) is 10.8. The van der Waals surface area contributed by atoms with Crippen LogP contribution in [0.1, 0.15) is 0 Å². The smallest absolute Gasteiger partial charge is 0.224 e. The molecule has 0 radical (unpaired) electrons. The number of aliphatic hydroxyl groups is 8. The van der Waals surface area contributed by atoms with E-state index in [4.69, 9.17) is 24.4 Å². The Kier molecular flexibility index (Phi) is 5.92. The maximum Gasteiger partial charge on any atom is 0.224 e. The lowest BCUT2D eigenvalue weighted by molar-refractivity contribution is -0.383. The van der Waals surface area contributed by atoms with E-state index in [-0.39, 0.29) is 0 Å². The minimum atomic E-state index is -2.22. The van der Waals surface area contributed by atoms with Gasteiger partial charge in [-0.25, -0.2) is 0 Å². The normalized spacial score (nSPS) is 51.1. The molecule has 0 saturated carbocycles. The Morgan fingerprint density at radius 1 is 0.783 bits per heavy atom. The van der Waals surface area contributed by atoms with Gasteiger partial charge in [-0.3, -0.25) is 0 Å². The fraction of sp³-hybridized carbons (Fsp3) is 1.00. The molecule has 2 saturated heterocycles. The van der Waals surface area contributed by atoms with E-state index in [0.29, 0.717) is 0 Å². The molecule has 0 spiro atoms. The van der Waals surface area contributed by atoms with Crippen LogP contribution in [0.3, 0.4) is 0 Å². The molecular formula is C12H22O11. The molecule has 0 aromatic rings. The van der Waals surface area contributed by atoms with Crippen molar-refractivity contribution in [2.24, 2.45) is 0 Å². The summed E-state index contributed by atoms with van der Waals surface area (Å²) in [7, 11) is 0. The Balaban J connectivity index is 2.18. The second kappa shape index (κ2) is 7.21. The molecule has 8 N–H and O–H groups in total. The Morgan fingerprint density at radius 2 is 1.39 bits per heavy atom. The van der Waals surface area contributed by atoms with E-state index in [0.717, 1.165) is 0 Å². The molecule has 0 aromatic carbocycles. The molecule has 0 amide bonds. The van der Waals surface area contributed by atoms with Gasteiger partial charge in [0.2, 0.25) is 5.79 Å². The molecule has 0 aromatic heterocycles. The van der Waals surface area contributed by atoms with E-state index < -0.39 is 74.6 Å². The van der Waals surface area contributed by atoms with Gasteiger partial charge in [0, 0.05) is 0 Å². The number of hydrogen-bond donors (Lipinski definition) is 8. The summed E-state index contributed by atoms with van der Waals surface area (Å²) in [6.07, 6.45) is -12.7. The maximum atomic E-state index is 10.00. The third-order valence-electron chi connectivity index (χ3n) is 4.07. The van der Waals surface area contributed by atoms with Gasteiger partial charge < -0.3 is 55.1 Å². The van der Waals surface area contributed by atoms with Gasteiger partial charge in [-0.05, 0) is 0 Å².